The zero-order valence-corrected chi connectivity index (χ0v) is 21.8. The Morgan fingerprint density at radius 2 is 1.86 bits per heavy atom. The van der Waals surface area contributed by atoms with Crippen molar-refractivity contribution in [2.45, 2.75) is 44.8 Å². The first-order valence-electron chi connectivity index (χ1n) is 13.1. The standard InChI is InChI=1S/C28H36N6O3/c1-18-4-7-24(37-21-8-12-29-13-9-21)26-22(18)17-30-28(33-26)32-23-6-5-19(16-25(23)36-3)27(35)31-20-10-14-34(2)15-11-20/h4-7,16-17,20-21,29H,8-15H2,1-3H3,(H,31,35)(H,30,32,33). The molecule has 3 aromatic rings. The van der Waals surface area contributed by atoms with Crippen LogP contribution in [0.4, 0.5) is 11.6 Å². The fraction of sp³-hybridized carbons (Fsp3) is 0.464. The Labute approximate surface area is 218 Å². The number of hydrogen-bond donors (Lipinski definition) is 3. The summed E-state index contributed by atoms with van der Waals surface area (Å²) in [6, 6.07) is 9.62. The highest BCUT2D eigenvalue weighted by Crippen LogP contribution is 2.32. The molecule has 0 unspecified atom stereocenters. The quantitative estimate of drug-likeness (QED) is 0.448. The van der Waals surface area contributed by atoms with Crippen LogP contribution in [0.25, 0.3) is 10.9 Å². The van der Waals surface area contributed by atoms with E-state index in [1.54, 1.807) is 19.2 Å². The molecular weight excluding hydrogens is 468 g/mol. The van der Waals surface area contributed by atoms with Crippen molar-refractivity contribution in [1.29, 1.82) is 0 Å². The number of benzene rings is 2. The Morgan fingerprint density at radius 1 is 1.08 bits per heavy atom. The van der Waals surface area contributed by atoms with Crippen LogP contribution in [0.5, 0.6) is 11.5 Å². The number of rotatable bonds is 7. The molecule has 2 saturated heterocycles. The molecule has 0 bridgehead atoms. The van der Waals surface area contributed by atoms with Gasteiger partial charge in [-0.1, -0.05) is 6.07 Å². The predicted molar refractivity (Wildman–Crippen MR) is 145 cm³/mol. The molecule has 0 saturated carbocycles. The third kappa shape index (κ3) is 5.94. The monoisotopic (exact) mass is 504 g/mol. The number of piperidine rings is 2. The van der Waals surface area contributed by atoms with Crippen molar-refractivity contribution < 1.29 is 14.3 Å². The average molecular weight is 505 g/mol. The maximum atomic E-state index is 12.9. The van der Waals surface area contributed by atoms with Crippen molar-refractivity contribution in [2.75, 3.05) is 45.7 Å². The summed E-state index contributed by atoms with van der Waals surface area (Å²) in [5.41, 5.74) is 3.13. The van der Waals surface area contributed by atoms with E-state index in [0.717, 1.165) is 74.1 Å². The molecule has 2 aliphatic heterocycles. The number of likely N-dealkylation sites (tertiary alicyclic amines) is 1. The van der Waals surface area contributed by atoms with Crippen LogP contribution in [0.15, 0.2) is 36.5 Å². The van der Waals surface area contributed by atoms with Gasteiger partial charge in [0.05, 0.1) is 12.8 Å². The second kappa shape index (κ2) is 11.3. The highest BCUT2D eigenvalue weighted by molar-refractivity contribution is 5.95. The van der Waals surface area contributed by atoms with E-state index in [1.165, 1.54) is 0 Å². The molecular formula is C28H36N6O3. The van der Waals surface area contributed by atoms with Crippen LogP contribution >= 0.6 is 0 Å². The van der Waals surface area contributed by atoms with Crippen LogP contribution < -0.4 is 25.4 Å². The van der Waals surface area contributed by atoms with Crippen molar-refractivity contribution >= 4 is 28.4 Å². The lowest BCUT2D eigenvalue weighted by molar-refractivity contribution is 0.0916. The van der Waals surface area contributed by atoms with Gasteiger partial charge in [-0.2, -0.15) is 0 Å². The summed E-state index contributed by atoms with van der Waals surface area (Å²) in [6.07, 6.45) is 5.86. The minimum Gasteiger partial charge on any atom is -0.495 e. The number of carbonyl (C=O) groups excluding carboxylic acids is 1. The summed E-state index contributed by atoms with van der Waals surface area (Å²) >= 11 is 0. The summed E-state index contributed by atoms with van der Waals surface area (Å²) in [7, 11) is 3.70. The van der Waals surface area contributed by atoms with Crippen molar-refractivity contribution in [3.8, 4) is 11.5 Å². The summed E-state index contributed by atoms with van der Waals surface area (Å²) in [4.78, 5) is 24.5. The van der Waals surface area contributed by atoms with Crippen molar-refractivity contribution in [2.24, 2.45) is 0 Å². The van der Waals surface area contributed by atoms with Crippen LogP contribution in [0.1, 0.15) is 41.6 Å². The first-order chi connectivity index (χ1) is 18.0. The molecule has 3 heterocycles. The van der Waals surface area contributed by atoms with Gasteiger partial charge in [-0.15, -0.1) is 0 Å². The molecule has 1 amide bonds. The Balaban J connectivity index is 1.34. The van der Waals surface area contributed by atoms with E-state index < -0.39 is 0 Å². The Bertz CT molecular complexity index is 1250. The molecule has 2 aliphatic rings. The number of aryl methyl sites for hydroxylation is 1. The normalized spacial score (nSPS) is 17.5. The van der Waals surface area contributed by atoms with Gasteiger partial charge in [-0.3, -0.25) is 4.79 Å². The number of amides is 1. The van der Waals surface area contributed by atoms with Crippen LogP contribution in [0.3, 0.4) is 0 Å². The lowest BCUT2D eigenvalue weighted by Crippen LogP contribution is -2.43. The maximum absolute atomic E-state index is 12.9. The molecule has 2 fully saturated rings. The molecule has 196 valence electrons. The number of fused-ring (bicyclic) bond motifs is 1. The van der Waals surface area contributed by atoms with Gasteiger partial charge >= 0.3 is 0 Å². The van der Waals surface area contributed by atoms with Crippen molar-refractivity contribution in [1.82, 2.24) is 25.5 Å². The Hall–Kier alpha value is -3.43. The molecule has 37 heavy (non-hydrogen) atoms. The SMILES string of the molecule is COc1cc(C(=O)NC2CCN(C)CC2)ccc1Nc1ncc2c(C)ccc(OC3CCNCC3)c2n1. The molecule has 3 N–H and O–H groups in total. The second-order valence-corrected chi connectivity index (χ2v) is 9.99. The third-order valence-corrected chi connectivity index (χ3v) is 7.28. The van der Waals surface area contributed by atoms with E-state index in [-0.39, 0.29) is 18.1 Å². The third-order valence-electron chi connectivity index (χ3n) is 7.28. The maximum Gasteiger partial charge on any atom is 0.251 e. The van der Waals surface area contributed by atoms with Gasteiger partial charge in [0.15, 0.2) is 0 Å². The topological polar surface area (TPSA) is 101 Å². The van der Waals surface area contributed by atoms with Crippen molar-refractivity contribution in [3.63, 3.8) is 0 Å². The van der Waals surface area contributed by atoms with E-state index in [1.807, 2.05) is 31.3 Å². The minimum atomic E-state index is -0.0865. The second-order valence-electron chi connectivity index (χ2n) is 9.99. The number of hydrogen-bond acceptors (Lipinski definition) is 8. The average Bonchev–Trinajstić information content (AvgIpc) is 2.92. The predicted octanol–water partition coefficient (Wildman–Crippen LogP) is 3.65. The highest BCUT2D eigenvalue weighted by atomic mass is 16.5. The fourth-order valence-electron chi connectivity index (χ4n) is 4.95. The lowest BCUT2D eigenvalue weighted by Gasteiger charge is -2.29. The van der Waals surface area contributed by atoms with Crippen molar-refractivity contribution in [3.05, 3.63) is 47.7 Å². The molecule has 9 heteroatoms. The summed E-state index contributed by atoms with van der Waals surface area (Å²) in [5, 5.41) is 10.8. The molecule has 2 aromatic carbocycles. The molecule has 0 spiro atoms. The summed E-state index contributed by atoms with van der Waals surface area (Å²) in [6.45, 7) is 5.95. The summed E-state index contributed by atoms with van der Waals surface area (Å²) in [5.74, 6) is 1.67. The number of carbonyl (C=O) groups is 1. The molecule has 9 nitrogen and oxygen atoms in total. The number of ether oxygens (including phenoxy) is 2. The molecule has 1 aromatic heterocycles. The van der Waals surface area contributed by atoms with Gasteiger partial charge in [-0.25, -0.2) is 9.97 Å². The number of anilines is 2. The van der Waals surface area contributed by atoms with Gasteiger partial charge < -0.3 is 30.3 Å². The largest absolute Gasteiger partial charge is 0.495 e. The zero-order chi connectivity index (χ0) is 25.8. The molecule has 0 atom stereocenters. The first kappa shape index (κ1) is 25.2. The summed E-state index contributed by atoms with van der Waals surface area (Å²) < 4.78 is 12.0. The van der Waals surface area contributed by atoms with Gasteiger partial charge in [0.25, 0.3) is 5.91 Å². The van der Waals surface area contributed by atoms with E-state index in [4.69, 9.17) is 14.5 Å². The zero-order valence-electron chi connectivity index (χ0n) is 21.8. The van der Waals surface area contributed by atoms with Crippen LogP contribution in [0.2, 0.25) is 0 Å². The van der Waals surface area contributed by atoms with Gasteiger partial charge in [0.2, 0.25) is 5.95 Å². The van der Waals surface area contributed by atoms with Crippen LogP contribution in [0, 0.1) is 6.92 Å². The van der Waals surface area contributed by atoms with Gasteiger partial charge in [-0.05, 0) is 95.7 Å². The minimum absolute atomic E-state index is 0.0865. The number of nitrogens with zero attached hydrogens (tertiary/aromatic N) is 3. The van der Waals surface area contributed by atoms with Gasteiger partial charge in [0.1, 0.15) is 23.1 Å². The fourth-order valence-corrected chi connectivity index (χ4v) is 4.95. The number of aromatic nitrogens is 2. The smallest absolute Gasteiger partial charge is 0.251 e. The van der Waals surface area contributed by atoms with E-state index in [2.05, 4.69) is 32.9 Å². The highest BCUT2D eigenvalue weighted by Gasteiger charge is 2.21. The van der Waals surface area contributed by atoms with E-state index in [9.17, 15) is 4.79 Å². The number of methoxy groups -OCH3 is 1. The molecule has 0 radical (unpaired) electrons. The Kier molecular flexibility index (Phi) is 7.71. The van der Waals surface area contributed by atoms with E-state index >= 15 is 0 Å². The first-order valence-corrected chi connectivity index (χ1v) is 13.1. The molecule has 0 aliphatic carbocycles. The van der Waals surface area contributed by atoms with Crippen LogP contribution in [-0.4, -0.2) is 73.3 Å². The Morgan fingerprint density at radius 3 is 2.62 bits per heavy atom. The van der Waals surface area contributed by atoms with Crippen LogP contribution in [-0.2, 0) is 0 Å². The van der Waals surface area contributed by atoms with Gasteiger partial charge in [0, 0.05) is 23.2 Å². The van der Waals surface area contributed by atoms with E-state index in [0.29, 0.717) is 22.9 Å². The number of nitrogens with one attached hydrogen (secondary N) is 3. The molecule has 5 rings (SSSR count). The lowest BCUT2D eigenvalue weighted by atomic mass is 10.0.